The highest BCUT2D eigenvalue weighted by atomic mass is 79.9. The van der Waals surface area contributed by atoms with E-state index in [9.17, 15) is 13.2 Å². The standard InChI is InChI=1S/C12H20BrN3O3S2.ClH/c1-12(2,7-14)8-16(3)10(17)6-15-21(18,19)11-5-4-9(13)20-11;/h4-5,15H,6-8,14H2,1-3H3;1H. The Morgan fingerprint density at radius 1 is 1.45 bits per heavy atom. The summed E-state index contributed by atoms with van der Waals surface area (Å²) in [6.45, 7) is 4.54. The predicted molar refractivity (Wildman–Crippen MR) is 94.9 cm³/mol. The van der Waals surface area contributed by atoms with E-state index in [1.807, 2.05) is 13.8 Å². The summed E-state index contributed by atoms with van der Waals surface area (Å²) in [7, 11) is -2.02. The normalized spacial score (nSPS) is 11.9. The topological polar surface area (TPSA) is 92.5 Å². The first-order valence-electron chi connectivity index (χ1n) is 6.26. The molecule has 1 amide bonds. The lowest BCUT2D eigenvalue weighted by Gasteiger charge is -2.29. The van der Waals surface area contributed by atoms with Crippen molar-refractivity contribution in [3.05, 3.63) is 15.9 Å². The summed E-state index contributed by atoms with van der Waals surface area (Å²) in [6, 6.07) is 3.14. The average Bonchev–Trinajstić information content (AvgIpc) is 2.83. The van der Waals surface area contributed by atoms with Gasteiger partial charge in [0.25, 0.3) is 10.0 Å². The number of likely N-dealkylation sites (N-methyl/N-ethyl adjacent to an activating group) is 1. The number of carbonyl (C=O) groups is 1. The molecule has 128 valence electrons. The number of hydrogen-bond acceptors (Lipinski definition) is 5. The van der Waals surface area contributed by atoms with Crippen molar-refractivity contribution in [3.8, 4) is 0 Å². The molecule has 0 bridgehead atoms. The van der Waals surface area contributed by atoms with Gasteiger partial charge in [0.2, 0.25) is 5.91 Å². The van der Waals surface area contributed by atoms with Gasteiger partial charge < -0.3 is 10.6 Å². The van der Waals surface area contributed by atoms with Crippen LogP contribution in [0.5, 0.6) is 0 Å². The summed E-state index contributed by atoms with van der Waals surface area (Å²) in [5.41, 5.74) is 5.42. The lowest BCUT2D eigenvalue weighted by atomic mass is 9.93. The van der Waals surface area contributed by atoms with Gasteiger partial charge >= 0.3 is 0 Å². The van der Waals surface area contributed by atoms with Crippen LogP contribution in [0.15, 0.2) is 20.1 Å². The maximum absolute atomic E-state index is 12.0. The van der Waals surface area contributed by atoms with Crippen LogP contribution in [0.4, 0.5) is 0 Å². The van der Waals surface area contributed by atoms with Crippen LogP contribution < -0.4 is 10.5 Å². The third-order valence-electron chi connectivity index (χ3n) is 2.87. The first-order valence-corrected chi connectivity index (χ1v) is 9.36. The highest BCUT2D eigenvalue weighted by molar-refractivity contribution is 9.11. The molecule has 22 heavy (non-hydrogen) atoms. The summed E-state index contributed by atoms with van der Waals surface area (Å²) in [4.78, 5) is 13.5. The number of nitrogens with two attached hydrogens (primary N) is 1. The molecule has 10 heteroatoms. The quantitative estimate of drug-likeness (QED) is 0.682. The van der Waals surface area contributed by atoms with Crippen molar-refractivity contribution in [2.75, 3.05) is 26.7 Å². The monoisotopic (exact) mass is 433 g/mol. The number of nitrogens with one attached hydrogen (secondary N) is 1. The highest BCUT2D eigenvalue weighted by Gasteiger charge is 2.23. The number of rotatable bonds is 7. The number of nitrogens with zero attached hydrogens (tertiary/aromatic N) is 1. The van der Waals surface area contributed by atoms with Gasteiger partial charge in [-0.2, -0.15) is 0 Å². The lowest BCUT2D eigenvalue weighted by Crippen LogP contribution is -2.43. The van der Waals surface area contributed by atoms with Gasteiger partial charge in [-0.05, 0) is 40.0 Å². The molecular weight excluding hydrogens is 414 g/mol. The minimum Gasteiger partial charge on any atom is -0.344 e. The Morgan fingerprint density at radius 3 is 2.50 bits per heavy atom. The molecule has 0 fully saturated rings. The molecule has 0 unspecified atom stereocenters. The second kappa shape index (κ2) is 8.60. The molecule has 0 spiro atoms. The molecule has 0 saturated heterocycles. The van der Waals surface area contributed by atoms with Gasteiger partial charge in [-0.15, -0.1) is 23.7 Å². The first kappa shape index (κ1) is 21.8. The number of thiophene rings is 1. The van der Waals surface area contributed by atoms with Crippen LogP contribution in [-0.2, 0) is 14.8 Å². The zero-order valence-electron chi connectivity index (χ0n) is 12.6. The third kappa shape index (κ3) is 6.51. The zero-order chi connectivity index (χ0) is 16.3. The fourth-order valence-electron chi connectivity index (χ4n) is 1.60. The third-order valence-corrected chi connectivity index (χ3v) is 6.39. The molecule has 1 heterocycles. The van der Waals surface area contributed by atoms with Crippen LogP contribution in [0, 0.1) is 5.41 Å². The summed E-state index contributed by atoms with van der Waals surface area (Å²) in [6.07, 6.45) is 0. The van der Waals surface area contributed by atoms with E-state index in [2.05, 4.69) is 20.7 Å². The van der Waals surface area contributed by atoms with Crippen LogP contribution >= 0.6 is 39.7 Å². The van der Waals surface area contributed by atoms with Crippen molar-refractivity contribution in [1.82, 2.24) is 9.62 Å². The molecule has 0 aliphatic carbocycles. The molecule has 1 aromatic rings. The van der Waals surface area contributed by atoms with Crippen molar-refractivity contribution < 1.29 is 13.2 Å². The molecule has 0 atom stereocenters. The molecule has 3 N–H and O–H groups in total. The zero-order valence-corrected chi connectivity index (χ0v) is 16.7. The number of carbonyl (C=O) groups excluding carboxylic acids is 1. The highest BCUT2D eigenvalue weighted by Crippen LogP contribution is 2.25. The maximum atomic E-state index is 12.0. The number of halogens is 2. The summed E-state index contributed by atoms with van der Waals surface area (Å²) in [5.74, 6) is -0.296. The van der Waals surface area contributed by atoms with Crippen molar-refractivity contribution in [3.63, 3.8) is 0 Å². The Morgan fingerprint density at radius 2 is 2.05 bits per heavy atom. The van der Waals surface area contributed by atoms with E-state index in [1.54, 1.807) is 13.1 Å². The first-order chi connectivity index (χ1) is 9.57. The van der Waals surface area contributed by atoms with E-state index in [0.29, 0.717) is 13.1 Å². The minimum absolute atomic E-state index is 0. The van der Waals surface area contributed by atoms with Gasteiger partial charge in [-0.25, -0.2) is 13.1 Å². The van der Waals surface area contributed by atoms with Gasteiger partial charge in [0, 0.05) is 13.6 Å². The van der Waals surface area contributed by atoms with E-state index >= 15 is 0 Å². The molecule has 0 aromatic carbocycles. The Balaban J connectivity index is 0.00000441. The fourth-order valence-corrected chi connectivity index (χ4v) is 4.63. The lowest BCUT2D eigenvalue weighted by molar-refractivity contribution is -0.129. The smallest absolute Gasteiger partial charge is 0.250 e. The van der Waals surface area contributed by atoms with E-state index in [-0.39, 0.29) is 34.5 Å². The van der Waals surface area contributed by atoms with E-state index < -0.39 is 10.0 Å². The molecule has 0 saturated carbocycles. The number of amides is 1. The van der Waals surface area contributed by atoms with Gasteiger partial charge in [0.1, 0.15) is 4.21 Å². The molecule has 6 nitrogen and oxygen atoms in total. The van der Waals surface area contributed by atoms with Gasteiger partial charge in [0.15, 0.2) is 0 Å². The second-order valence-corrected chi connectivity index (χ2v) is 9.96. The maximum Gasteiger partial charge on any atom is 0.250 e. The van der Waals surface area contributed by atoms with Gasteiger partial charge in [0.05, 0.1) is 10.3 Å². The minimum atomic E-state index is -3.65. The van der Waals surface area contributed by atoms with Crippen LogP contribution in [-0.4, -0.2) is 45.9 Å². The summed E-state index contributed by atoms with van der Waals surface area (Å²) < 4.78 is 27.2. The number of sulfonamides is 1. The Labute approximate surface area is 150 Å². The van der Waals surface area contributed by atoms with Gasteiger partial charge in [-0.1, -0.05) is 13.8 Å². The Kier molecular flexibility index (Phi) is 8.53. The Hall–Kier alpha value is -0.190. The second-order valence-electron chi connectivity index (χ2n) is 5.50. The van der Waals surface area contributed by atoms with E-state index in [0.717, 1.165) is 15.1 Å². The molecule has 1 aromatic heterocycles. The van der Waals surface area contributed by atoms with Crippen LogP contribution in [0.1, 0.15) is 13.8 Å². The summed E-state index contributed by atoms with van der Waals surface area (Å²) >= 11 is 4.30. The van der Waals surface area contributed by atoms with E-state index in [4.69, 9.17) is 5.73 Å². The van der Waals surface area contributed by atoms with Crippen molar-refractivity contribution >= 4 is 55.6 Å². The van der Waals surface area contributed by atoms with Crippen molar-refractivity contribution in [1.29, 1.82) is 0 Å². The molecule has 1 rings (SSSR count). The van der Waals surface area contributed by atoms with Gasteiger partial charge in [-0.3, -0.25) is 4.79 Å². The van der Waals surface area contributed by atoms with Crippen molar-refractivity contribution in [2.24, 2.45) is 11.1 Å². The Bertz CT molecular complexity index is 605. The molecule has 0 radical (unpaired) electrons. The molecule has 0 aliphatic rings. The summed E-state index contributed by atoms with van der Waals surface area (Å²) in [5, 5.41) is 0. The average molecular weight is 435 g/mol. The number of hydrogen-bond donors (Lipinski definition) is 2. The molecule has 0 aliphatic heterocycles. The van der Waals surface area contributed by atoms with Crippen LogP contribution in [0.2, 0.25) is 0 Å². The van der Waals surface area contributed by atoms with E-state index in [1.165, 1.54) is 11.0 Å². The van der Waals surface area contributed by atoms with Crippen LogP contribution in [0.25, 0.3) is 0 Å². The largest absolute Gasteiger partial charge is 0.344 e. The predicted octanol–water partition coefficient (Wildman–Crippen LogP) is 1.65. The van der Waals surface area contributed by atoms with Crippen molar-refractivity contribution in [2.45, 2.75) is 18.1 Å². The van der Waals surface area contributed by atoms with Crippen LogP contribution in [0.3, 0.4) is 0 Å². The fraction of sp³-hybridized carbons (Fsp3) is 0.583. The SMILES string of the molecule is CN(CC(C)(C)CN)C(=O)CNS(=O)(=O)c1ccc(Br)s1.Cl. The molecular formula is C12H21BrClN3O3S2.